The molecule has 2 aliphatic rings. The maximum absolute atomic E-state index is 12.7. The van der Waals surface area contributed by atoms with Gasteiger partial charge in [-0.3, -0.25) is 4.79 Å². The molecular weight excluding hydrogens is 338 g/mol. The first kappa shape index (κ1) is 18.2. The molecule has 8 heteroatoms. The Balaban J connectivity index is 0.00000192. The Bertz CT molecular complexity index is 693. The lowest BCUT2D eigenvalue weighted by Crippen LogP contribution is -2.30. The molecule has 128 valence electrons. The van der Waals surface area contributed by atoms with Crippen LogP contribution >= 0.6 is 12.4 Å². The number of rotatable bonds is 3. The second-order valence-corrected chi connectivity index (χ2v) is 7.91. The molecule has 1 aromatic rings. The van der Waals surface area contributed by atoms with Crippen LogP contribution in [0, 0.1) is 5.92 Å². The standard InChI is InChI=1S/C15H21N3O3S.ClH/c16-9-11-6-7-18(10-11)22(20,21)13-4-5-14-12(8-13)2-1-3-15(19)17-14;/h4-5,8,11H,1-3,6-7,9-10,16H2,(H,17,19);1H. The predicted octanol–water partition coefficient (Wildman–Crippen LogP) is 1.35. The number of sulfonamides is 1. The number of benzene rings is 1. The van der Waals surface area contributed by atoms with Gasteiger partial charge >= 0.3 is 0 Å². The van der Waals surface area contributed by atoms with Gasteiger partial charge < -0.3 is 11.1 Å². The van der Waals surface area contributed by atoms with Crippen molar-refractivity contribution in [3.8, 4) is 0 Å². The van der Waals surface area contributed by atoms with Gasteiger partial charge in [-0.15, -0.1) is 12.4 Å². The number of nitrogens with zero attached hydrogens (tertiary/aromatic N) is 1. The van der Waals surface area contributed by atoms with E-state index >= 15 is 0 Å². The van der Waals surface area contributed by atoms with Crippen molar-refractivity contribution >= 4 is 34.0 Å². The van der Waals surface area contributed by atoms with Gasteiger partial charge in [-0.25, -0.2) is 8.42 Å². The van der Waals surface area contributed by atoms with Gasteiger partial charge in [0.05, 0.1) is 4.90 Å². The molecule has 0 saturated carbocycles. The number of carbonyl (C=O) groups excluding carboxylic acids is 1. The number of anilines is 1. The van der Waals surface area contributed by atoms with Crippen molar-refractivity contribution in [2.75, 3.05) is 25.0 Å². The third-order valence-corrected chi connectivity index (χ3v) is 6.28. The summed E-state index contributed by atoms with van der Waals surface area (Å²) in [6.07, 6.45) is 2.74. The van der Waals surface area contributed by atoms with Gasteiger partial charge in [-0.05, 0) is 55.5 Å². The zero-order chi connectivity index (χ0) is 15.7. The highest BCUT2D eigenvalue weighted by Crippen LogP contribution is 2.29. The van der Waals surface area contributed by atoms with Gasteiger partial charge in [0, 0.05) is 25.2 Å². The van der Waals surface area contributed by atoms with E-state index in [1.165, 1.54) is 4.31 Å². The summed E-state index contributed by atoms with van der Waals surface area (Å²) in [4.78, 5) is 11.9. The SMILES string of the molecule is Cl.NCC1CCN(S(=O)(=O)c2ccc3c(c2)CCCC(=O)N3)C1. The maximum Gasteiger partial charge on any atom is 0.243 e. The van der Waals surface area contributed by atoms with E-state index in [0.717, 1.165) is 24.1 Å². The van der Waals surface area contributed by atoms with Gasteiger partial charge in [0.25, 0.3) is 0 Å². The molecule has 0 spiro atoms. The van der Waals surface area contributed by atoms with E-state index in [9.17, 15) is 13.2 Å². The number of nitrogens with two attached hydrogens (primary N) is 1. The van der Waals surface area contributed by atoms with Crippen molar-refractivity contribution in [2.24, 2.45) is 11.7 Å². The summed E-state index contributed by atoms with van der Waals surface area (Å²) in [5, 5.41) is 2.82. The molecule has 3 rings (SSSR count). The molecule has 1 unspecified atom stereocenters. The van der Waals surface area contributed by atoms with Gasteiger partial charge in [-0.2, -0.15) is 4.31 Å². The van der Waals surface area contributed by atoms with Crippen molar-refractivity contribution in [3.05, 3.63) is 23.8 Å². The van der Waals surface area contributed by atoms with Crippen LogP contribution in [0.4, 0.5) is 5.69 Å². The first-order valence-electron chi connectivity index (χ1n) is 7.63. The van der Waals surface area contributed by atoms with E-state index in [2.05, 4.69) is 5.32 Å². The Morgan fingerprint density at radius 1 is 1.30 bits per heavy atom. The lowest BCUT2D eigenvalue weighted by atomic mass is 10.1. The molecule has 1 atom stereocenters. The number of halogens is 1. The Morgan fingerprint density at radius 2 is 2.09 bits per heavy atom. The average Bonchev–Trinajstić information content (AvgIpc) is 2.90. The lowest BCUT2D eigenvalue weighted by molar-refractivity contribution is -0.116. The summed E-state index contributed by atoms with van der Waals surface area (Å²) in [7, 11) is -3.48. The lowest BCUT2D eigenvalue weighted by Gasteiger charge is -2.17. The molecule has 2 heterocycles. The molecule has 0 radical (unpaired) electrons. The van der Waals surface area contributed by atoms with E-state index in [4.69, 9.17) is 5.73 Å². The molecule has 23 heavy (non-hydrogen) atoms. The summed E-state index contributed by atoms with van der Waals surface area (Å²) in [6, 6.07) is 4.98. The summed E-state index contributed by atoms with van der Waals surface area (Å²) in [5.41, 5.74) is 7.25. The van der Waals surface area contributed by atoms with Gasteiger partial charge in [0.15, 0.2) is 0 Å². The second kappa shape index (κ2) is 7.17. The van der Waals surface area contributed by atoms with Gasteiger partial charge in [0.1, 0.15) is 0 Å². The second-order valence-electron chi connectivity index (χ2n) is 5.97. The highest BCUT2D eigenvalue weighted by molar-refractivity contribution is 7.89. The Morgan fingerprint density at radius 3 is 2.78 bits per heavy atom. The Hall–Kier alpha value is -1.15. The molecule has 0 aromatic heterocycles. The average molecular weight is 360 g/mol. The van der Waals surface area contributed by atoms with Crippen LogP contribution in [-0.2, 0) is 21.2 Å². The number of hydrogen-bond donors (Lipinski definition) is 2. The van der Waals surface area contributed by atoms with Crippen LogP contribution in [0.1, 0.15) is 24.8 Å². The Labute approximate surface area is 142 Å². The van der Waals surface area contributed by atoms with Crippen LogP contribution in [-0.4, -0.2) is 38.3 Å². The minimum Gasteiger partial charge on any atom is -0.330 e. The number of carbonyl (C=O) groups is 1. The van der Waals surface area contributed by atoms with E-state index < -0.39 is 10.0 Å². The van der Waals surface area contributed by atoms with Crippen LogP contribution in [0.5, 0.6) is 0 Å². The number of fused-ring (bicyclic) bond motifs is 1. The topological polar surface area (TPSA) is 92.5 Å². The largest absolute Gasteiger partial charge is 0.330 e. The van der Waals surface area contributed by atoms with Crippen LogP contribution < -0.4 is 11.1 Å². The summed E-state index contributed by atoms with van der Waals surface area (Å²) < 4.78 is 27.0. The zero-order valence-corrected chi connectivity index (χ0v) is 14.5. The first-order valence-corrected chi connectivity index (χ1v) is 9.07. The molecule has 1 aromatic carbocycles. The first-order chi connectivity index (χ1) is 10.5. The molecule has 0 bridgehead atoms. The quantitative estimate of drug-likeness (QED) is 0.852. The highest BCUT2D eigenvalue weighted by atomic mass is 35.5. The number of hydrogen-bond acceptors (Lipinski definition) is 4. The molecule has 6 nitrogen and oxygen atoms in total. The molecule has 3 N–H and O–H groups in total. The van der Waals surface area contributed by atoms with Crippen molar-refractivity contribution < 1.29 is 13.2 Å². The van der Waals surface area contributed by atoms with Crippen molar-refractivity contribution in [1.82, 2.24) is 4.31 Å². The van der Waals surface area contributed by atoms with Gasteiger partial charge in [-0.1, -0.05) is 0 Å². The third kappa shape index (κ3) is 3.68. The summed E-state index contributed by atoms with van der Waals surface area (Å²) in [6.45, 7) is 1.53. The van der Waals surface area contributed by atoms with Crippen molar-refractivity contribution in [1.29, 1.82) is 0 Å². The van der Waals surface area contributed by atoms with E-state index in [1.54, 1.807) is 18.2 Å². The zero-order valence-electron chi connectivity index (χ0n) is 12.8. The number of aryl methyl sites for hydroxylation is 1. The number of nitrogens with one attached hydrogen (secondary N) is 1. The smallest absolute Gasteiger partial charge is 0.243 e. The van der Waals surface area contributed by atoms with Gasteiger partial charge in [0.2, 0.25) is 15.9 Å². The number of amides is 1. The van der Waals surface area contributed by atoms with E-state index in [0.29, 0.717) is 37.4 Å². The fraction of sp³-hybridized carbons (Fsp3) is 0.533. The normalized spacial score (nSPS) is 22.0. The van der Waals surface area contributed by atoms with Crippen molar-refractivity contribution in [3.63, 3.8) is 0 Å². The molecule has 2 aliphatic heterocycles. The monoisotopic (exact) mass is 359 g/mol. The van der Waals surface area contributed by atoms with Crippen LogP contribution in [0.25, 0.3) is 0 Å². The maximum atomic E-state index is 12.7. The molecule has 1 saturated heterocycles. The highest BCUT2D eigenvalue weighted by Gasteiger charge is 2.32. The Kier molecular flexibility index (Phi) is 5.67. The van der Waals surface area contributed by atoms with Crippen LogP contribution in [0.2, 0.25) is 0 Å². The molecule has 1 fully saturated rings. The minimum absolute atomic E-state index is 0. The fourth-order valence-electron chi connectivity index (χ4n) is 3.07. The summed E-state index contributed by atoms with van der Waals surface area (Å²) in [5.74, 6) is 0.231. The van der Waals surface area contributed by atoms with Crippen molar-refractivity contribution in [2.45, 2.75) is 30.6 Å². The third-order valence-electron chi connectivity index (χ3n) is 4.42. The minimum atomic E-state index is -3.48. The van der Waals surface area contributed by atoms with E-state index in [1.807, 2.05) is 0 Å². The fourth-order valence-corrected chi connectivity index (χ4v) is 4.65. The van der Waals surface area contributed by atoms with Crippen LogP contribution in [0.3, 0.4) is 0 Å². The summed E-state index contributed by atoms with van der Waals surface area (Å²) >= 11 is 0. The molecule has 1 amide bonds. The predicted molar refractivity (Wildman–Crippen MR) is 91.2 cm³/mol. The van der Waals surface area contributed by atoms with Crippen LogP contribution in [0.15, 0.2) is 23.1 Å². The van der Waals surface area contributed by atoms with E-state index in [-0.39, 0.29) is 24.2 Å². The molecular formula is C15H22ClN3O3S. The molecule has 0 aliphatic carbocycles.